The number of pyridine rings is 1. The van der Waals surface area contributed by atoms with Crippen LogP contribution in [-0.4, -0.2) is 39.4 Å². The van der Waals surface area contributed by atoms with Crippen LogP contribution in [0.2, 0.25) is 0 Å². The van der Waals surface area contributed by atoms with Crippen molar-refractivity contribution >= 4 is 45.9 Å². The van der Waals surface area contributed by atoms with Crippen LogP contribution in [0.4, 0.5) is 5.69 Å². The Balaban J connectivity index is 1.53. The number of fused-ring (bicyclic) bond motifs is 3. The normalized spacial score (nSPS) is 16.6. The first-order valence-corrected chi connectivity index (χ1v) is 11.1. The van der Waals surface area contributed by atoms with Crippen molar-refractivity contribution in [2.24, 2.45) is 0 Å². The van der Waals surface area contributed by atoms with Gasteiger partial charge in [0.25, 0.3) is 11.8 Å². The fourth-order valence-corrected chi connectivity index (χ4v) is 4.99. The molecule has 0 spiro atoms. The quantitative estimate of drug-likeness (QED) is 0.347. The molecule has 8 nitrogen and oxygen atoms in total. The maximum atomic E-state index is 13.4. The molecule has 6 rings (SSSR count). The number of carbonyl (C=O) groups excluding carboxylic acids is 4. The molecule has 1 unspecified atom stereocenters. The number of carboxylic acid groups (broad SMARTS) is 1. The summed E-state index contributed by atoms with van der Waals surface area (Å²) in [4.78, 5) is 70.2. The molecule has 1 aliphatic carbocycles. The molecule has 0 saturated carbocycles. The number of aromatic carboxylic acids is 1. The van der Waals surface area contributed by atoms with Crippen molar-refractivity contribution in [3.8, 4) is 0 Å². The first-order chi connectivity index (χ1) is 17.3. The van der Waals surface area contributed by atoms with Crippen LogP contribution in [-0.2, 0) is 0 Å². The van der Waals surface area contributed by atoms with Crippen LogP contribution in [0.3, 0.4) is 0 Å². The molecule has 36 heavy (non-hydrogen) atoms. The molecule has 2 amide bonds. The van der Waals surface area contributed by atoms with E-state index in [1.165, 1.54) is 24.3 Å². The number of carboxylic acids is 1. The average molecular weight is 476 g/mol. The van der Waals surface area contributed by atoms with Gasteiger partial charge < -0.3 is 5.11 Å². The number of ketones is 2. The zero-order valence-corrected chi connectivity index (χ0v) is 18.8. The van der Waals surface area contributed by atoms with E-state index in [9.17, 15) is 29.1 Å². The van der Waals surface area contributed by atoms with Crippen molar-refractivity contribution in [2.45, 2.75) is 12.8 Å². The summed E-state index contributed by atoms with van der Waals surface area (Å²) in [7, 11) is 0. The Labute approximate surface area is 203 Å². The molecule has 0 bridgehead atoms. The van der Waals surface area contributed by atoms with Gasteiger partial charge in [-0.2, -0.15) is 0 Å². The Bertz CT molecular complexity index is 1720. The molecule has 4 aromatic rings. The molecule has 1 aliphatic heterocycles. The first kappa shape index (κ1) is 21.5. The van der Waals surface area contributed by atoms with Gasteiger partial charge >= 0.3 is 5.97 Å². The van der Waals surface area contributed by atoms with Crippen LogP contribution in [0.15, 0.2) is 66.7 Å². The summed E-state index contributed by atoms with van der Waals surface area (Å²) in [6, 6.07) is 17.1. The topological polar surface area (TPSA) is 122 Å². The Morgan fingerprint density at radius 3 is 2.33 bits per heavy atom. The highest BCUT2D eigenvalue weighted by Crippen LogP contribution is 2.39. The molecular weight excluding hydrogens is 460 g/mol. The van der Waals surface area contributed by atoms with Gasteiger partial charge in [0.05, 0.1) is 33.6 Å². The lowest BCUT2D eigenvalue weighted by Crippen LogP contribution is -2.30. The van der Waals surface area contributed by atoms with Gasteiger partial charge in [-0.15, -0.1) is 0 Å². The van der Waals surface area contributed by atoms with Gasteiger partial charge in [0.1, 0.15) is 5.92 Å². The van der Waals surface area contributed by atoms with Gasteiger partial charge in [0.15, 0.2) is 11.6 Å². The number of anilines is 1. The first-order valence-electron chi connectivity index (χ1n) is 11.1. The summed E-state index contributed by atoms with van der Waals surface area (Å²) in [5.41, 5.74) is 2.00. The van der Waals surface area contributed by atoms with E-state index in [-0.39, 0.29) is 39.6 Å². The number of benzene rings is 3. The zero-order valence-electron chi connectivity index (χ0n) is 18.8. The van der Waals surface area contributed by atoms with Crippen LogP contribution in [0.25, 0.3) is 10.9 Å². The minimum absolute atomic E-state index is 0.0293. The number of rotatable bonds is 3. The van der Waals surface area contributed by atoms with Gasteiger partial charge in [-0.25, -0.2) is 9.69 Å². The van der Waals surface area contributed by atoms with Crippen molar-refractivity contribution in [1.29, 1.82) is 0 Å². The minimum atomic E-state index is -1.22. The molecule has 1 N–H and O–H groups in total. The second-order valence-corrected chi connectivity index (χ2v) is 8.75. The number of aromatic nitrogens is 1. The van der Waals surface area contributed by atoms with E-state index >= 15 is 0 Å². The van der Waals surface area contributed by atoms with Gasteiger partial charge in [-0.05, 0) is 42.8 Å². The lowest BCUT2D eigenvalue weighted by atomic mass is 9.97. The van der Waals surface area contributed by atoms with Crippen LogP contribution in [0, 0.1) is 6.92 Å². The highest BCUT2D eigenvalue weighted by molar-refractivity contribution is 6.36. The largest absolute Gasteiger partial charge is 0.478 e. The number of para-hydroxylation sites is 1. The van der Waals surface area contributed by atoms with Crippen molar-refractivity contribution in [1.82, 2.24) is 4.98 Å². The Hall–Kier alpha value is -4.98. The number of hydrogen-bond acceptors (Lipinski definition) is 6. The van der Waals surface area contributed by atoms with Gasteiger partial charge in [0, 0.05) is 16.5 Å². The van der Waals surface area contributed by atoms with E-state index in [0.29, 0.717) is 27.6 Å². The molecule has 0 fully saturated rings. The van der Waals surface area contributed by atoms with Crippen molar-refractivity contribution in [3.63, 3.8) is 0 Å². The summed E-state index contributed by atoms with van der Waals surface area (Å²) >= 11 is 0. The molecular formula is C28H16N2O6. The Morgan fingerprint density at radius 1 is 0.833 bits per heavy atom. The van der Waals surface area contributed by atoms with E-state index < -0.39 is 23.7 Å². The smallest absolute Gasteiger partial charge is 0.335 e. The second kappa shape index (κ2) is 7.51. The lowest BCUT2D eigenvalue weighted by molar-refractivity contribution is 0.0695. The lowest BCUT2D eigenvalue weighted by Gasteiger charge is -2.19. The predicted molar refractivity (Wildman–Crippen MR) is 129 cm³/mol. The van der Waals surface area contributed by atoms with Crippen molar-refractivity contribution in [2.75, 3.05) is 4.90 Å². The Kier molecular flexibility index (Phi) is 4.49. The van der Waals surface area contributed by atoms with Crippen LogP contribution in [0.5, 0.6) is 0 Å². The number of nitrogens with zero attached hydrogens (tertiary/aromatic N) is 2. The van der Waals surface area contributed by atoms with E-state index in [1.54, 1.807) is 49.4 Å². The molecule has 3 aromatic carbocycles. The zero-order chi connectivity index (χ0) is 25.3. The third-order valence-corrected chi connectivity index (χ3v) is 6.69. The highest BCUT2D eigenvalue weighted by atomic mass is 16.4. The van der Waals surface area contributed by atoms with Gasteiger partial charge in [-0.3, -0.25) is 24.2 Å². The molecule has 0 saturated heterocycles. The summed E-state index contributed by atoms with van der Waals surface area (Å²) < 4.78 is 0. The van der Waals surface area contributed by atoms with Crippen LogP contribution in [0.1, 0.15) is 69.0 Å². The average Bonchev–Trinajstić information content (AvgIpc) is 3.28. The number of aryl methyl sites for hydroxylation is 1. The van der Waals surface area contributed by atoms with Gasteiger partial charge in [-0.1, -0.05) is 36.4 Å². The SMILES string of the molecule is Cc1cccc2c1C(=O)C(c1cc(N3C(=O)c4ccc(C(=O)O)cc4C3=O)c3ccccc3n1)C2=O. The fraction of sp³-hybridized carbons (Fsp3) is 0.0714. The summed E-state index contributed by atoms with van der Waals surface area (Å²) in [5.74, 6) is -4.50. The third kappa shape index (κ3) is 2.88. The number of carbonyl (C=O) groups is 5. The molecule has 1 aromatic heterocycles. The number of amides is 2. The maximum Gasteiger partial charge on any atom is 0.335 e. The van der Waals surface area contributed by atoms with Gasteiger partial charge in [0.2, 0.25) is 0 Å². The molecule has 2 heterocycles. The summed E-state index contributed by atoms with van der Waals surface area (Å²) in [6.07, 6.45) is 0. The van der Waals surface area contributed by atoms with Crippen LogP contribution >= 0.6 is 0 Å². The number of imide groups is 1. The van der Waals surface area contributed by atoms with E-state index in [1.807, 2.05) is 0 Å². The molecule has 8 heteroatoms. The Morgan fingerprint density at radius 2 is 1.58 bits per heavy atom. The standard InChI is InChI=1S/C28H16N2O6/c1-13-5-4-7-17-22(13)25(32)23(24(17)31)20-12-21(16-6-2-3-8-19(16)29-20)30-26(33)15-10-9-14(28(35)36)11-18(15)27(30)34/h2-12,23H,1H3,(H,35,36). The molecule has 1 atom stereocenters. The minimum Gasteiger partial charge on any atom is -0.478 e. The van der Waals surface area contributed by atoms with Crippen molar-refractivity contribution in [3.05, 3.63) is 106 Å². The second-order valence-electron chi connectivity index (χ2n) is 8.75. The van der Waals surface area contributed by atoms with E-state index in [2.05, 4.69) is 4.98 Å². The number of Topliss-reactive ketones (excluding diaryl/α,β-unsaturated/α-hetero) is 2. The summed E-state index contributed by atoms with van der Waals surface area (Å²) in [6.45, 7) is 1.76. The predicted octanol–water partition coefficient (Wildman–Crippen LogP) is 4.20. The monoisotopic (exact) mass is 476 g/mol. The number of hydrogen-bond donors (Lipinski definition) is 1. The van der Waals surface area contributed by atoms with E-state index in [4.69, 9.17) is 0 Å². The third-order valence-electron chi connectivity index (χ3n) is 6.69. The summed E-state index contributed by atoms with van der Waals surface area (Å²) in [5, 5.41) is 9.78. The maximum absolute atomic E-state index is 13.4. The molecule has 174 valence electrons. The molecule has 2 aliphatic rings. The van der Waals surface area contributed by atoms with E-state index in [0.717, 1.165) is 4.90 Å². The molecule has 0 radical (unpaired) electrons. The van der Waals surface area contributed by atoms with Crippen molar-refractivity contribution < 1.29 is 29.1 Å². The van der Waals surface area contributed by atoms with Crippen LogP contribution < -0.4 is 4.90 Å². The highest BCUT2D eigenvalue weighted by Gasteiger charge is 2.43. The fourth-order valence-electron chi connectivity index (χ4n) is 4.99.